The predicted molar refractivity (Wildman–Crippen MR) is 80.9 cm³/mol. The number of piperazine rings is 1. The van der Waals surface area contributed by atoms with Crippen LogP contribution in [0.3, 0.4) is 0 Å². The van der Waals surface area contributed by atoms with Crippen LogP contribution in [0.1, 0.15) is 44.9 Å². The number of H-pyrrole nitrogens is 1. The highest BCUT2D eigenvalue weighted by molar-refractivity contribution is 5.88. The average Bonchev–Trinajstić information content (AvgIpc) is 2.87. The van der Waals surface area contributed by atoms with E-state index in [1.54, 1.807) is 6.92 Å². The van der Waals surface area contributed by atoms with Crippen LogP contribution in [0.25, 0.3) is 0 Å². The van der Waals surface area contributed by atoms with Gasteiger partial charge in [0.1, 0.15) is 5.82 Å². The smallest absolute Gasteiger partial charge is 0.237 e. The molecule has 2 heterocycles. The summed E-state index contributed by atoms with van der Waals surface area (Å²) in [7, 11) is 0. The van der Waals surface area contributed by atoms with Crippen LogP contribution < -0.4 is 10.6 Å². The maximum atomic E-state index is 12.2. The number of hydrogen-bond donors (Lipinski definition) is 3. The van der Waals surface area contributed by atoms with Gasteiger partial charge in [-0.25, -0.2) is 4.98 Å². The summed E-state index contributed by atoms with van der Waals surface area (Å²) >= 11 is 0. The Balaban J connectivity index is 1.96. The van der Waals surface area contributed by atoms with Gasteiger partial charge in [-0.05, 0) is 27.7 Å². The standard InChI is InChI=1S/C14H24N6O2/c1-8(2)20-6-5-15-14(22)11(20)7-12(21)16-9(3)13-17-10(4)18-19-13/h8-9,11H,5-7H2,1-4H3,(H,15,22)(H,16,21)(H,17,18,19). The minimum absolute atomic E-state index is 0.0866. The third kappa shape index (κ3) is 3.82. The van der Waals surface area contributed by atoms with Crippen molar-refractivity contribution in [2.24, 2.45) is 0 Å². The van der Waals surface area contributed by atoms with Crippen LogP contribution in [-0.2, 0) is 9.59 Å². The van der Waals surface area contributed by atoms with E-state index in [-0.39, 0.29) is 30.3 Å². The molecule has 0 spiro atoms. The van der Waals surface area contributed by atoms with Crippen molar-refractivity contribution in [3.8, 4) is 0 Å². The van der Waals surface area contributed by atoms with Crippen molar-refractivity contribution in [3.63, 3.8) is 0 Å². The van der Waals surface area contributed by atoms with E-state index in [1.165, 1.54) is 0 Å². The number of aromatic amines is 1. The second kappa shape index (κ2) is 6.87. The van der Waals surface area contributed by atoms with E-state index in [1.807, 2.05) is 20.8 Å². The molecule has 8 nitrogen and oxygen atoms in total. The Kier molecular flexibility index (Phi) is 5.12. The molecule has 1 saturated heterocycles. The van der Waals surface area contributed by atoms with Crippen LogP contribution in [0.4, 0.5) is 0 Å². The van der Waals surface area contributed by atoms with E-state index in [2.05, 4.69) is 30.7 Å². The highest BCUT2D eigenvalue weighted by Crippen LogP contribution is 2.14. The van der Waals surface area contributed by atoms with Gasteiger partial charge in [0, 0.05) is 19.1 Å². The number of aryl methyl sites for hydroxylation is 1. The number of nitrogens with zero attached hydrogens (tertiary/aromatic N) is 3. The summed E-state index contributed by atoms with van der Waals surface area (Å²) in [4.78, 5) is 30.5. The first kappa shape index (κ1) is 16.4. The monoisotopic (exact) mass is 308 g/mol. The van der Waals surface area contributed by atoms with Gasteiger partial charge in [0.05, 0.1) is 18.5 Å². The summed E-state index contributed by atoms with van der Waals surface area (Å²) in [6.45, 7) is 9.07. The summed E-state index contributed by atoms with van der Waals surface area (Å²) in [5.41, 5.74) is 0. The van der Waals surface area contributed by atoms with Gasteiger partial charge < -0.3 is 10.6 Å². The van der Waals surface area contributed by atoms with Gasteiger partial charge >= 0.3 is 0 Å². The lowest BCUT2D eigenvalue weighted by atomic mass is 10.1. The first-order valence-electron chi connectivity index (χ1n) is 7.60. The molecule has 3 N–H and O–H groups in total. The molecule has 0 bridgehead atoms. The third-order valence-corrected chi connectivity index (χ3v) is 3.79. The molecule has 0 aromatic carbocycles. The number of hydrogen-bond acceptors (Lipinski definition) is 5. The van der Waals surface area contributed by atoms with Crippen LogP contribution in [0, 0.1) is 6.92 Å². The Morgan fingerprint density at radius 2 is 2.18 bits per heavy atom. The highest BCUT2D eigenvalue weighted by atomic mass is 16.2. The van der Waals surface area contributed by atoms with E-state index < -0.39 is 6.04 Å². The summed E-state index contributed by atoms with van der Waals surface area (Å²) in [5.74, 6) is 0.979. The quantitative estimate of drug-likeness (QED) is 0.704. The van der Waals surface area contributed by atoms with Crippen LogP contribution in [0.15, 0.2) is 0 Å². The fourth-order valence-electron chi connectivity index (χ4n) is 2.65. The molecule has 8 heteroatoms. The molecule has 22 heavy (non-hydrogen) atoms. The largest absolute Gasteiger partial charge is 0.353 e. The number of amides is 2. The van der Waals surface area contributed by atoms with Gasteiger partial charge in [-0.2, -0.15) is 5.10 Å². The van der Waals surface area contributed by atoms with Crippen LogP contribution in [0.2, 0.25) is 0 Å². The van der Waals surface area contributed by atoms with Crippen molar-refractivity contribution in [1.29, 1.82) is 0 Å². The maximum absolute atomic E-state index is 12.2. The zero-order chi connectivity index (χ0) is 16.3. The van der Waals surface area contributed by atoms with E-state index >= 15 is 0 Å². The topological polar surface area (TPSA) is 103 Å². The number of rotatable bonds is 5. The fourth-order valence-corrected chi connectivity index (χ4v) is 2.65. The second-order valence-electron chi connectivity index (χ2n) is 5.91. The molecule has 0 saturated carbocycles. The zero-order valence-electron chi connectivity index (χ0n) is 13.5. The molecule has 1 aromatic rings. The normalized spacial score (nSPS) is 20.8. The van der Waals surface area contributed by atoms with Gasteiger partial charge in [-0.3, -0.25) is 19.6 Å². The van der Waals surface area contributed by atoms with Gasteiger partial charge in [0.25, 0.3) is 0 Å². The first-order valence-corrected chi connectivity index (χ1v) is 7.60. The minimum Gasteiger partial charge on any atom is -0.353 e. The summed E-state index contributed by atoms with van der Waals surface area (Å²) in [5, 5.41) is 12.4. The van der Waals surface area contributed by atoms with Gasteiger partial charge in [-0.15, -0.1) is 0 Å². The Morgan fingerprint density at radius 1 is 1.45 bits per heavy atom. The first-order chi connectivity index (χ1) is 10.4. The average molecular weight is 308 g/mol. The van der Waals surface area contributed by atoms with E-state index in [9.17, 15) is 9.59 Å². The van der Waals surface area contributed by atoms with Crippen molar-refractivity contribution < 1.29 is 9.59 Å². The van der Waals surface area contributed by atoms with Crippen LogP contribution in [0.5, 0.6) is 0 Å². The zero-order valence-corrected chi connectivity index (χ0v) is 13.5. The molecule has 1 fully saturated rings. The molecule has 2 unspecified atom stereocenters. The molecule has 0 aliphatic carbocycles. The Labute approximate surface area is 130 Å². The lowest BCUT2D eigenvalue weighted by Gasteiger charge is -2.37. The molecule has 1 aliphatic rings. The molecule has 1 aromatic heterocycles. The number of aromatic nitrogens is 3. The third-order valence-electron chi connectivity index (χ3n) is 3.79. The summed E-state index contributed by atoms with van der Waals surface area (Å²) in [6, 6.07) is -0.497. The summed E-state index contributed by atoms with van der Waals surface area (Å²) < 4.78 is 0. The van der Waals surface area contributed by atoms with E-state index in [0.717, 1.165) is 6.54 Å². The Hall–Kier alpha value is -1.96. The lowest BCUT2D eigenvalue weighted by molar-refractivity contribution is -0.135. The molecule has 122 valence electrons. The van der Waals surface area contributed by atoms with Crippen molar-refractivity contribution in [3.05, 3.63) is 11.6 Å². The maximum Gasteiger partial charge on any atom is 0.237 e. The van der Waals surface area contributed by atoms with Crippen molar-refractivity contribution in [2.75, 3.05) is 13.1 Å². The second-order valence-corrected chi connectivity index (χ2v) is 5.91. The van der Waals surface area contributed by atoms with Crippen molar-refractivity contribution in [2.45, 2.75) is 52.2 Å². The number of carbonyl (C=O) groups excluding carboxylic acids is 2. The SMILES string of the molecule is Cc1nc(C(C)NC(=O)CC2C(=O)NCCN2C(C)C)n[nH]1. The Morgan fingerprint density at radius 3 is 2.77 bits per heavy atom. The van der Waals surface area contributed by atoms with Gasteiger partial charge in [0.15, 0.2) is 5.82 Å². The lowest BCUT2D eigenvalue weighted by Crippen LogP contribution is -2.58. The molecule has 2 atom stereocenters. The van der Waals surface area contributed by atoms with E-state index in [0.29, 0.717) is 18.2 Å². The van der Waals surface area contributed by atoms with Crippen LogP contribution >= 0.6 is 0 Å². The molecule has 1 aliphatic heterocycles. The minimum atomic E-state index is -0.421. The predicted octanol–water partition coefficient (Wildman–Crippen LogP) is -0.111. The van der Waals surface area contributed by atoms with E-state index in [4.69, 9.17) is 0 Å². The van der Waals surface area contributed by atoms with Crippen molar-refractivity contribution in [1.82, 2.24) is 30.7 Å². The summed E-state index contributed by atoms with van der Waals surface area (Å²) in [6.07, 6.45) is 0.137. The number of carbonyl (C=O) groups is 2. The molecular formula is C14H24N6O2. The highest BCUT2D eigenvalue weighted by Gasteiger charge is 2.33. The van der Waals surface area contributed by atoms with Gasteiger partial charge in [0.2, 0.25) is 11.8 Å². The molecule has 2 rings (SSSR count). The van der Waals surface area contributed by atoms with Crippen molar-refractivity contribution >= 4 is 11.8 Å². The molecular weight excluding hydrogens is 284 g/mol. The Bertz CT molecular complexity index is 541. The van der Waals surface area contributed by atoms with Gasteiger partial charge in [-0.1, -0.05) is 0 Å². The molecule has 2 amide bonds. The fraction of sp³-hybridized carbons (Fsp3) is 0.714. The van der Waals surface area contributed by atoms with Crippen LogP contribution in [-0.4, -0.2) is 57.1 Å². The molecule has 0 radical (unpaired) electrons. The number of nitrogens with one attached hydrogen (secondary N) is 3.